The number of hydrogen-bond donors (Lipinski definition) is 0. The molecule has 5 rings (SSSR count). The van der Waals surface area contributed by atoms with Crippen LogP contribution in [0.5, 0.6) is 0 Å². The van der Waals surface area contributed by atoms with Crippen LogP contribution >= 0.6 is 20.8 Å². The molecule has 0 aliphatic heterocycles. The van der Waals surface area contributed by atoms with Crippen LogP contribution in [0.1, 0.15) is 32.4 Å². The average Bonchev–Trinajstić information content (AvgIpc) is 3.50. The summed E-state index contributed by atoms with van der Waals surface area (Å²) in [5.41, 5.74) is 1.54. The van der Waals surface area contributed by atoms with E-state index in [1.54, 1.807) is 34.8 Å². The SMILES string of the molecule is CCCN(CCC)S(=O)(=O)c1ccc(-c2nc(CP(Br)(c3ccccc3)(c3ccccc3)c3ccccc3)co2)cc1. The second kappa shape index (κ2) is 12.6. The Morgan fingerprint density at radius 1 is 0.714 bits per heavy atom. The van der Waals surface area contributed by atoms with Crippen LogP contribution in [0, 0.1) is 0 Å². The number of oxazole rings is 1. The Morgan fingerprint density at radius 3 is 1.60 bits per heavy atom. The molecular weight excluding hydrogens is 627 g/mol. The van der Waals surface area contributed by atoms with Gasteiger partial charge in [-0.3, -0.25) is 0 Å². The summed E-state index contributed by atoms with van der Waals surface area (Å²) in [6.07, 6.45) is 3.86. The fourth-order valence-corrected chi connectivity index (χ4v) is 14.6. The van der Waals surface area contributed by atoms with E-state index in [9.17, 15) is 8.42 Å². The molecule has 42 heavy (non-hydrogen) atoms. The second-order valence-corrected chi connectivity index (χ2v) is 21.3. The summed E-state index contributed by atoms with van der Waals surface area (Å²) in [5, 5.41) is 0.362. The van der Waals surface area contributed by atoms with Crippen molar-refractivity contribution in [3.05, 3.63) is 127 Å². The van der Waals surface area contributed by atoms with Gasteiger partial charge in [0, 0.05) is 0 Å². The summed E-state index contributed by atoms with van der Waals surface area (Å²) < 4.78 is 34.1. The fraction of sp³-hybridized carbons (Fsp3) is 0.206. The van der Waals surface area contributed by atoms with Crippen molar-refractivity contribution in [2.45, 2.75) is 37.7 Å². The van der Waals surface area contributed by atoms with Gasteiger partial charge in [0.1, 0.15) is 0 Å². The zero-order chi connectivity index (χ0) is 29.7. The Balaban J connectivity index is 1.55. The molecular formula is C34H36BrN2O3PS. The predicted octanol–water partition coefficient (Wildman–Crippen LogP) is 7.49. The van der Waals surface area contributed by atoms with E-state index in [1.807, 2.05) is 32.0 Å². The van der Waals surface area contributed by atoms with Gasteiger partial charge in [0.15, 0.2) is 0 Å². The molecule has 0 saturated heterocycles. The zero-order valence-electron chi connectivity index (χ0n) is 23.9. The van der Waals surface area contributed by atoms with Gasteiger partial charge in [0.2, 0.25) is 0 Å². The Hall–Kier alpha value is -3.09. The van der Waals surface area contributed by atoms with Crippen molar-refractivity contribution < 1.29 is 12.8 Å². The van der Waals surface area contributed by atoms with Gasteiger partial charge in [-0.1, -0.05) is 13.8 Å². The van der Waals surface area contributed by atoms with Gasteiger partial charge in [0.25, 0.3) is 0 Å². The molecule has 8 heteroatoms. The second-order valence-electron chi connectivity index (χ2n) is 10.4. The third-order valence-corrected chi connectivity index (χ3v) is 19.0. The molecule has 0 spiro atoms. The first-order valence-electron chi connectivity index (χ1n) is 14.3. The first-order chi connectivity index (χ1) is 20.3. The zero-order valence-corrected chi connectivity index (χ0v) is 27.2. The Kier molecular flexibility index (Phi) is 9.14. The van der Waals surface area contributed by atoms with Crippen molar-refractivity contribution in [1.82, 2.24) is 9.29 Å². The molecule has 1 heterocycles. The Bertz CT molecular complexity index is 1610. The summed E-state index contributed by atoms with van der Waals surface area (Å²) in [5.74, 6) is 0.458. The topological polar surface area (TPSA) is 63.4 Å². The quantitative estimate of drug-likeness (QED) is 0.130. The third-order valence-electron chi connectivity index (χ3n) is 7.58. The molecule has 0 atom stereocenters. The number of halogens is 1. The van der Waals surface area contributed by atoms with Crippen molar-refractivity contribution in [2.75, 3.05) is 13.1 Å². The standard InChI is InChI=1S/C34H36BrN2O3PS/c1-3-24-37(25-4-2)42(38,39)33-22-20-28(21-23-33)34-36-29(26-40-34)27-41(35,30-14-8-5-9-15-30,31-16-10-6-11-17-31)32-18-12-7-13-19-32/h5-23,26H,3-4,24-25,27H2,1-2H3. The molecule has 0 radical (unpaired) electrons. The molecule has 0 saturated carbocycles. The first-order valence-corrected chi connectivity index (χ1v) is 20.1. The molecule has 5 nitrogen and oxygen atoms in total. The van der Waals surface area contributed by atoms with Crippen LogP contribution in [-0.4, -0.2) is 30.8 Å². The number of nitrogens with zero attached hydrogens (tertiary/aromatic N) is 2. The molecule has 0 fully saturated rings. The van der Waals surface area contributed by atoms with Crippen molar-refractivity contribution in [3.8, 4) is 11.5 Å². The maximum atomic E-state index is 13.2. The molecule has 0 N–H and O–H groups in total. The minimum atomic E-state index is -3.56. The molecule has 0 amide bonds. The van der Waals surface area contributed by atoms with Crippen LogP contribution in [0.3, 0.4) is 0 Å². The van der Waals surface area contributed by atoms with Crippen molar-refractivity contribution >= 4 is 46.7 Å². The molecule has 4 aromatic carbocycles. The molecule has 0 aliphatic rings. The summed E-state index contributed by atoms with van der Waals surface area (Å²) in [7, 11) is -3.56. The van der Waals surface area contributed by atoms with Crippen LogP contribution in [0.4, 0.5) is 0 Å². The van der Waals surface area contributed by atoms with Gasteiger partial charge in [-0.15, -0.1) is 0 Å². The van der Waals surface area contributed by atoms with Crippen molar-refractivity contribution in [1.29, 1.82) is 0 Å². The fourth-order valence-electron chi connectivity index (χ4n) is 5.52. The summed E-state index contributed by atoms with van der Waals surface area (Å²) in [6, 6.07) is 38.6. The Labute approximate surface area is 257 Å². The normalized spacial score (nSPS) is 13.1. The van der Waals surface area contributed by atoms with Gasteiger partial charge in [-0.05, 0) is 0 Å². The number of rotatable bonds is 12. The predicted molar refractivity (Wildman–Crippen MR) is 179 cm³/mol. The maximum absolute atomic E-state index is 13.2. The molecule has 1 aromatic heterocycles. The van der Waals surface area contributed by atoms with E-state index in [0.29, 0.717) is 25.1 Å². The molecule has 0 bridgehead atoms. The monoisotopic (exact) mass is 662 g/mol. The van der Waals surface area contributed by atoms with Gasteiger partial charge in [-0.25, -0.2) is 0 Å². The third kappa shape index (κ3) is 5.63. The summed E-state index contributed by atoms with van der Waals surface area (Å²) in [4.78, 5) is 5.23. The average molecular weight is 664 g/mol. The molecule has 218 valence electrons. The van der Waals surface area contributed by atoms with E-state index in [1.165, 1.54) is 15.9 Å². The number of benzene rings is 4. The Morgan fingerprint density at radius 2 is 1.17 bits per heavy atom. The van der Waals surface area contributed by atoms with Crippen LogP contribution < -0.4 is 15.9 Å². The van der Waals surface area contributed by atoms with Crippen LogP contribution in [0.25, 0.3) is 11.5 Å². The van der Waals surface area contributed by atoms with E-state index in [4.69, 9.17) is 9.40 Å². The van der Waals surface area contributed by atoms with E-state index in [2.05, 4.69) is 88.3 Å². The van der Waals surface area contributed by atoms with Crippen LogP contribution in [-0.2, 0) is 16.2 Å². The minimum absolute atomic E-state index is 0.280. The van der Waals surface area contributed by atoms with Crippen LogP contribution in [0.2, 0.25) is 0 Å². The summed E-state index contributed by atoms with van der Waals surface area (Å²) in [6.45, 7) is 4.99. The molecule has 5 aromatic rings. The molecule has 0 unspecified atom stereocenters. The van der Waals surface area contributed by atoms with Crippen molar-refractivity contribution in [3.63, 3.8) is 0 Å². The summed E-state index contributed by atoms with van der Waals surface area (Å²) >= 11 is 4.47. The number of sulfonamides is 1. The van der Waals surface area contributed by atoms with Gasteiger partial charge < -0.3 is 0 Å². The number of aromatic nitrogens is 1. The van der Waals surface area contributed by atoms with Crippen LogP contribution in [0.15, 0.2) is 131 Å². The van der Waals surface area contributed by atoms with E-state index in [0.717, 1.165) is 24.1 Å². The molecule has 0 aliphatic carbocycles. The van der Waals surface area contributed by atoms with Gasteiger partial charge in [-0.2, -0.15) is 0 Å². The van der Waals surface area contributed by atoms with Gasteiger partial charge in [0.05, 0.1) is 0 Å². The number of hydrogen-bond acceptors (Lipinski definition) is 4. The van der Waals surface area contributed by atoms with E-state index in [-0.39, 0.29) is 4.90 Å². The van der Waals surface area contributed by atoms with Crippen molar-refractivity contribution in [2.24, 2.45) is 0 Å². The first kappa shape index (κ1) is 30.4. The van der Waals surface area contributed by atoms with E-state index < -0.39 is 15.3 Å². The van der Waals surface area contributed by atoms with Gasteiger partial charge >= 0.3 is 245 Å². The van der Waals surface area contributed by atoms with E-state index >= 15 is 0 Å².